The van der Waals surface area contributed by atoms with E-state index in [4.69, 9.17) is 0 Å². The number of nitrogens with one attached hydrogen (secondary N) is 1. The van der Waals surface area contributed by atoms with Crippen LogP contribution >= 0.6 is 0 Å². The van der Waals surface area contributed by atoms with E-state index in [1.165, 1.54) is 6.07 Å². The number of halogens is 3. The number of anilines is 1. The molecule has 8 heteroatoms. The fourth-order valence-electron chi connectivity index (χ4n) is 2.18. The molecule has 2 aromatic carbocycles. The number of hydrogen-bond donors (Lipinski definition) is 1. The lowest BCUT2D eigenvalue weighted by Gasteiger charge is -2.09. The highest BCUT2D eigenvalue weighted by atomic mass is 19.1. The van der Waals surface area contributed by atoms with Crippen LogP contribution in [0.3, 0.4) is 0 Å². The lowest BCUT2D eigenvalue weighted by molar-refractivity contribution is -0.116. The van der Waals surface area contributed by atoms with Crippen molar-refractivity contribution < 1.29 is 18.0 Å². The van der Waals surface area contributed by atoms with Crippen molar-refractivity contribution in [3.63, 3.8) is 0 Å². The Morgan fingerprint density at radius 1 is 1.08 bits per heavy atom. The SMILES string of the molecule is O=C(Cn1cnc2cc(F)ccc2c1=O)Nc1cc(F)ccc1F. The van der Waals surface area contributed by atoms with Gasteiger partial charge in [-0.3, -0.25) is 14.2 Å². The van der Waals surface area contributed by atoms with Gasteiger partial charge in [0.05, 0.1) is 22.9 Å². The number of rotatable bonds is 3. The lowest BCUT2D eigenvalue weighted by Crippen LogP contribution is -2.28. The second-order valence-electron chi connectivity index (χ2n) is 5.01. The molecule has 1 aromatic heterocycles. The van der Waals surface area contributed by atoms with Gasteiger partial charge < -0.3 is 5.32 Å². The minimum absolute atomic E-state index is 0.142. The summed E-state index contributed by atoms with van der Waals surface area (Å²) in [4.78, 5) is 28.1. The van der Waals surface area contributed by atoms with Gasteiger partial charge in [0.1, 0.15) is 24.0 Å². The van der Waals surface area contributed by atoms with E-state index in [0.29, 0.717) is 0 Å². The maximum absolute atomic E-state index is 13.5. The summed E-state index contributed by atoms with van der Waals surface area (Å²) < 4.78 is 40.7. The van der Waals surface area contributed by atoms with Gasteiger partial charge in [0.2, 0.25) is 5.91 Å². The first-order chi connectivity index (χ1) is 11.4. The van der Waals surface area contributed by atoms with Gasteiger partial charge in [-0.15, -0.1) is 0 Å². The molecule has 5 nitrogen and oxygen atoms in total. The summed E-state index contributed by atoms with van der Waals surface area (Å²) in [5.41, 5.74) is -0.716. The predicted octanol–water partition coefficient (Wildman–Crippen LogP) is 2.45. The fourth-order valence-corrected chi connectivity index (χ4v) is 2.18. The second-order valence-corrected chi connectivity index (χ2v) is 5.01. The van der Waals surface area contributed by atoms with E-state index in [-0.39, 0.29) is 16.6 Å². The molecule has 1 N–H and O–H groups in total. The van der Waals surface area contributed by atoms with E-state index in [0.717, 1.165) is 41.2 Å². The van der Waals surface area contributed by atoms with Crippen LogP contribution in [-0.2, 0) is 11.3 Å². The van der Waals surface area contributed by atoms with Crippen molar-refractivity contribution in [1.82, 2.24) is 9.55 Å². The number of fused-ring (bicyclic) bond motifs is 1. The number of carbonyl (C=O) groups excluding carboxylic acids is 1. The zero-order chi connectivity index (χ0) is 17.3. The maximum atomic E-state index is 13.5. The van der Waals surface area contributed by atoms with Crippen LogP contribution < -0.4 is 10.9 Å². The second kappa shape index (κ2) is 6.15. The molecule has 0 bridgehead atoms. The van der Waals surface area contributed by atoms with Gasteiger partial charge in [-0.1, -0.05) is 0 Å². The zero-order valence-electron chi connectivity index (χ0n) is 12.1. The molecule has 0 unspecified atom stereocenters. The Morgan fingerprint density at radius 2 is 1.79 bits per heavy atom. The van der Waals surface area contributed by atoms with Crippen LogP contribution in [0.5, 0.6) is 0 Å². The van der Waals surface area contributed by atoms with E-state index in [1.807, 2.05) is 0 Å². The molecule has 1 amide bonds. The topological polar surface area (TPSA) is 64.0 Å². The highest BCUT2D eigenvalue weighted by Crippen LogP contribution is 2.15. The minimum atomic E-state index is -0.802. The Balaban J connectivity index is 1.85. The van der Waals surface area contributed by atoms with Crippen LogP contribution in [0.15, 0.2) is 47.5 Å². The van der Waals surface area contributed by atoms with Crippen LogP contribution in [-0.4, -0.2) is 15.5 Å². The number of nitrogens with zero attached hydrogens (tertiary/aromatic N) is 2. The molecular weight excluding hydrogens is 323 g/mol. The summed E-state index contributed by atoms with van der Waals surface area (Å²) >= 11 is 0. The molecule has 0 radical (unpaired) electrons. The van der Waals surface area contributed by atoms with Gasteiger partial charge in [-0.25, -0.2) is 18.2 Å². The summed E-state index contributed by atoms with van der Waals surface area (Å²) in [5.74, 6) is -2.78. The Morgan fingerprint density at radius 3 is 2.58 bits per heavy atom. The largest absolute Gasteiger partial charge is 0.322 e. The van der Waals surface area contributed by atoms with Gasteiger partial charge in [0.25, 0.3) is 5.56 Å². The van der Waals surface area contributed by atoms with E-state index >= 15 is 0 Å². The molecule has 0 saturated heterocycles. The lowest BCUT2D eigenvalue weighted by atomic mass is 10.2. The first kappa shape index (κ1) is 15.7. The molecule has 0 spiro atoms. The Bertz CT molecular complexity index is 1000. The fraction of sp³-hybridized carbons (Fsp3) is 0.0625. The number of aromatic nitrogens is 2. The zero-order valence-corrected chi connectivity index (χ0v) is 12.1. The maximum Gasteiger partial charge on any atom is 0.261 e. The molecule has 122 valence electrons. The third-order valence-electron chi connectivity index (χ3n) is 3.30. The predicted molar refractivity (Wildman–Crippen MR) is 80.9 cm³/mol. The molecule has 0 saturated carbocycles. The van der Waals surface area contributed by atoms with E-state index < -0.39 is 35.5 Å². The third kappa shape index (κ3) is 3.12. The third-order valence-corrected chi connectivity index (χ3v) is 3.30. The number of benzene rings is 2. The standard InChI is InChI=1S/C16H10F3N3O2/c17-9-1-3-11-13(5-9)20-8-22(16(11)24)7-15(23)21-14-6-10(18)2-4-12(14)19/h1-6,8H,7H2,(H,21,23). The average molecular weight is 333 g/mol. The van der Waals surface area contributed by atoms with E-state index in [9.17, 15) is 22.8 Å². The van der Waals surface area contributed by atoms with Crippen molar-refractivity contribution in [2.45, 2.75) is 6.54 Å². The highest BCUT2D eigenvalue weighted by molar-refractivity contribution is 5.90. The summed E-state index contributed by atoms with van der Waals surface area (Å²) in [5, 5.41) is 2.32. The monoisotopic (exact) mass is 333 g/mol. The molecule has 0 aliphatic heterocycles. The quantitative estimate of drug-likeness (QED) is 0.801. The number of carbonyl (C=O) groups is 1. The average Bonchev–Trinajstić information content (AvgIpc) is 2.53. The smallest absolute Gasteiger partial charge is 0.261 e. The van der Waals surface area contributed by atoms with Gasteiger partial charge in [0.15, 0.2) is 0 Å². The van der Waals surface area contributed by atoms with Crippen LogP contribution in [0.25, 0.3) is 10.9 Å². The molecular formula is C16H10F3N3O2. The van der Waals surface area contributed by atoms with Crippen molar-refractivity contribution in [1.29, 1.82) is 0 Å². The van der Waals surface area contributed by atoms with Crippen molar-refractivity contribution >= 4 is 22.5 Å². The summed E-state index contributed by atoms with van der Waals surface area (Å²) in [7, 11) is 0. The number of hydrogen-bond acceptors (Lipinski definition) is 3. The molecule has 0 aliphatic carbocycles. The van der Waals surface area contributed by atoms with Gasteiger partial charge in [-0.2, -0.15) is 0 Å². The summed E-state index contributed by atoms with van der Waals surface area (Å²) in [6, 6.07) is 6.10. The Labute approximate surface area is 133 Å². The highest BCUT2D eigenvalue weighted by Gasteiger charge is 2.11. The van der Waals surface area contributed by atoms with Gasteiger partial charge in [-0.05, 0) is 24.3 Å². The van der Waals surface area contributed by atoms with Gasteiger partial charge >= 0.3 is 0 Å². The van der Waals surface area contributed by atoms with Crippen LogP contribution in [0.2, 0.25) is 0 Å². The molecule has 24 heavy (non-hydrogen) atoms. The molecule has 3 aromatic rings. The molecule has 0 fully saturated rings. The first-order valence-electron chi connectivity index (χ1n) is 6.83. The summed E-state index contributed by atoms with van der Waals surface area (Å²) in [6.07, 6.45) is 1.09. The normalized spacial score (nSPS) is 10.8. The molecule has 0 aliphatic rings. The molecule has 3 rings (SSSR count). The van der Waals surface area contributed by atoms with E-state index in [1.54, 1.807) is 0 Å². The number of amides is 1. The molecule has 1 heterocycles. The van der Waals surface area contributed by atoms with Crippen molar-refractivity contribution in [2.24, 2.45) is 0 Å². The van der Waals surface area contributed by atoms with Crippen molar-refractivity contribution in [3.05, 3.63) is 70.5 Å². The van der Waals surface area contributed by atoms with E-state index in [2.05, 4.69) is 10.3 Å². The van der Waals surface area contributed by atoms with Crippen LogP contribution in [0.4, 0.5) is 18.9 Å². The first-order valence-corrected chi connectivity index (χ1v) is 6.83. The van der Waals surface area contributed by atoms with Crippen molar-refractivity contribution in [3.8, 4) is 0 Å². The Kier molecular flexibility index (Phi) is 4.03. The Hall–Kier alpha value is -3.16. The minimum Gasteiger partial charge on any atom is -0.322 e. The van der Waals surface area contributed by atoms with Gasteiger partial charge in [0, 0.05) is 12.1 Å². The summed E-state index contributed by atoms with van der Waals surface area (Å²) in [6.45, 7) is -0.449. The molecule has 0 atom stereocenters. The van der Waals surface area contributed by atoms with Crippen LogP contribution in [0.1, 0.15) is 0 Å². The van der Waals surface area contributed by atoms with Crippen LogP contribution in [0, 0.1) is 17.5 Å². The van der Waals surface area contributed by atoms with Crippen molar-refractivity contribution in [2.75, 3.05) is 5.32 Å².